The van der Waals surface area contributed by atoms with Crippen molar-refractivity contribution in [2.45, 2.75) is 12.5 Å². The zero-order valence-corrected chi connectivity index (χ0v) is 11.4. The van der Waals surface area contributed by atoms with Crippen LogP contribution in [0.3, 0.4) is 0 Å². The van der Waals surface area contributed by atoms with Crippen LogP contribution < -0.4 is 5.32 Å². The molecule has 0 aromatic carbocycles. The minimum atomic E-state index is -0.435. The van der Waals surface area contributed by atoms with Gasteiger partial charge in [0.2, 0.25) is 5.91 Å². The van der Waals surface area contributed by atoms with Gasteiger partial charge in [0.1, 0.15) is 0 Å². The van der Waals surface area contributed by atoms with Crippen molar-refractivity contribution in [3.63, 3.8) is 0 Å². The molecule has 0 radical (unpaired) electrons. The number of esters is 2. The first-order chi connectivity index (χ1) is 9.56. The van der Waals surface area contributed by atoms with Gasteiger partial charge in [0.15, 0.2) is 0 Å². The Morgan fingerprint density at radius 1 is 1.10 bits per heavy atom. The first-order valence-electron chi connectivity index (χ1n) is 6.39. The third-order valence-corrected chi connectivity index (χ3v) is 3.83. The molecular weight excluding hydrogens is 262 g/mol. The number of fused-ring (bicyclic) bond motifs is 1. The zero-order chi connectivity index (χ0) is 14.7. The van der Waals surface area contributed by atoms with E-state index in [0.29, 0.717) is 6.42 Å². The molecule has 2 rings (SSSR count). The molecule has 1 amide bonds. The van der Waals surface area contributed by atoms with Gasteiger partial charge in [-0.25, -0.2) is 9.59 Å². The van der Waals surface area contributed by atoms with E-state index >= 15 is 0 Å². The third kappa shape index (κ3) is 2.74. The Kier molecular flexibility index (Phi) is 4.22. The normalized spacial score (nSPS) is 31.8. The van der Waals surface area contributed by atoms with Crippen molar-refractivity contribution < 1.29 is 23.9 Å². The van der Waals surface area contributed by atoms with Gasteiger partial charge in [0, 0.05) is 18.2 Å². The molecule has 4 atom stereocenters. The number of ether oxygens (including phenoxy) is 2. The number of carbonyl (C=O) groups excluding carboxylic acids is 3. The second kappa shape index (κ2) is 5.90. The van der Waals surface area contributed by atoms with Crippen LogP contribution in [0.15, 0.2) is 24.3 Å². The summed E-state index contributed by atoms with van der Waals surface area (Å²) in [5.41, 5.74) is 0. The van der Waals surface area contributed by atoms with Crippen molar-refractivity contribution in [2.24, 2.45) is 17.8 Å². The van der Waals surface area contributed by atoms with Crippen LogP contribution in [0.2, 0.25) is 0 Å². The van der Waals surface area contributed by atoms with E-state index in [9.17, 15) is 14.4 Å². The van der Waals surface area contributed by atoms with Crippen molar-refractivity contribution >= 4 is 17.8 Å². The highest BCUT2D eigenvalue weighted by molar-refractivity contribution is 5.88. The molecule has 6 heteroatoms. The lowest BCUT2D eigenvalue weighted by molar-refractivity contribution is -0.136. The number of nitrogens with one attached hydrogen (secondary N) is 1. The van der Waals surface area contributed by atoms with Crippen LogP contribution in [-0.2, 0) is 23.9 Å². The number of amides is 1. The highest BCUT2D eigenvalue weighted by Crippen LogP contribution is 2.43. The first kappa shape index (κ1) is 14.3. The molecule has 1 aliphatic carbocycles. The Morgan fingerprint density at radius 3 is 2.15 bits per heavy atom. The van der Waals surface area contributed by atoms with Gasteiger partial charge in [0.25, 0.3) is 0 Å². The Balaban J connectivity index is 2.04. The summed E-state index contributed by atoms with van der Waals surface area (Å²) < 4.78 is 9.08. The van der Waals surface area contributed by atoms with Gasteiger partial charge in [-0.15, -0.1) is 0 Å². The quantitative estimate of drug-likeness (QED) is 0.451. The van der Waals surface area contributed by atoms with Crippen molar-refractivity contribution in [3.05, 3.63) is 24.3 Å². The van der Waals surface area contributed by atoms with Crippen LogP contribution >= 0.6 is 0 Å². The fourth-order valence-electron chi connectivity index (χ4n) is 2.80. The summed E-state index contributed by atoms with van der Waals surface area (Å²) in [4.78, 5) is 33.8. The number of rotatable bonds is 4. The van der Waals surface area contributed by atoms with Crippen LogP contribution in [0.1, 0.15) is 6.42 Å². The molecule has 0 unspecified atom stereocenters. The molecule has 0 aromatic heterocycles. The fraction of sp³-hybridized carbons (Fsp3) is 0.500. The molecule has 108 valence electrons. The average Bonchev–Trinajstić information content (AvgIpc) is 2.73. The maximum atomic E-state index is 11.6. The van der Waals surface area contributed by atoms with Crippen LogP contribution in [0.5, 0.6) is 0 Å². The number of allylic oxidation sites excluding steroid dienone is 1. The van der Waals surface area contributed by atoms with E-state index in [1.807, 2.05) is 0 Å². The smallest absolute Gasteiger partial charge is 0.330 e. The Bertz CT molecular complexity index is 482. The standard InChI is InChI=1S/C14H17NO5/c1-19-10(16)5-3-8-7-9(4-6-11(17)20-2)13-12(8)14(18)15-13/h3-6,8-9,12-13H,7H2,1-2H3,(H,15,18)/b5-3+,6-4+/t8-,9+,12+,13-/m0/s1. The second-order valence-electron chi connectivity index (χ2n) is 4.89. The number of carbonyl (C=O) groups is 3. The van der Waals surface area contributed by atoms with Crippen LogP contribution in [0.25, 0.3) is 0 Å². The second-order valence-corrected chi connectivity index (χ2v) is 4.89. The predicted octanol–water partition coefficient (Wildman–Crippen LogP) is 0.195. The molecule has 6 nitrogen and oxygen atoms in total. The van der Waals surface area contributed by atoms with Crippen molar-refractivity contribution in [3.8, 4) is 0 Å². The number of methoxy groups -OCH3 is 2. The molecule has 1 saturated carbocycles. The molecule has 1 aliphatic heterocycles. The maximum absolute atomic E-state index is 11.6. The van der Waals surface area contributed by atoms with Gasteiger partial charge in [-0.1, -0.05) is 12.2 Å². The van der Waals surface area contributed by atoms with Crippen molar-refractivity contribution in [1.82, 2.24) is 5.32 Å². The van der Waals surface area contributed by atoms with Crippen LogP contribution in [0.4, 0.5) is 0 Å². The maximum Gasteiger partial charge on any atom is 0.330 e. The monoisotopic (exact) mass is 279 g/mol. The topological polar surface area (TPSA) is 81.7 Å². The van der Waals surface area contributed by atoms with Crippen LogP contribution in [-0.4, -0.2) is 38.1 Å². The number of hydrogen-bond acceptors (Lipinski definition) is 5. The molecule has 2 fully saturated rings. The van der Waals surface area contributed by atoms with E-state index in [4.69, 9.17) is 0 Å². The average molecular weight is 279 g/mol. The molecule has 1 N–H and O–H groups in total. The first-order valence-corrected chi connectivity index (χ1v) is 6.39. The largest absolute Gasteiger partial charge is 0.466 e. The van der Waals surface area contributed by atoms with E-state index in [1.54, 1.807) is 12.2 Å². The molecule has 20 heavy (non-hydrogen) atoms. The van der Waals surface area contributed by atoms with Gasteiger partial charge in [-0.3, -0.25) is 4.79 Å². The summed E-state index contributed by atoms with van der Waals surface area (Å²) in [6, 6.07) is 0.0238. The minimum absolute atomic E-state index is 0.0107. The van der Waals surface area contributed by atoms with Gasteiger partial charge in [0.05, 0.1) is 20.1 Å². The van der Waals surface area contributed by atoms with Gasteiger partial charge < -0.3 is 14.8 Å². The third-order valence-electron chi connectivity index (χ3n) is 3.83. The van der Waals surface area contributed by atoms with Gasteiger partial charge >= 0.3 is 11.9 Å². The Hall–Kier alpha value is -2.11. The summed E-state index contributed by atoms with van der Waals surface area (Å²) in [6.07, 6.45) is 6.90. The lowest BCUT2D eigenvalue weighted by Gasteiger charge is -2.35. The van der Waals surface area contributed by atoms with Crippen molar-refractivity contribution in [1.29, 1.82) is 0 Å². The molecule has 0 spiro atoms. The van der Waals surface area contributed by atoms with E-state index < -0.39 is 11.9 Å². The fourth-order valence-corrected chi connectivity index (χ4v) is 2.80. The summed E-state index contributed by atoms with van der Waals surface area (Å²) in [6.45, 7) is 0. The number of hydrogen-bond donors (Lipinski definition) is 1. The van der Waals surface area contributed by atoms with E-state index in [-0.39, 0.29) is 29.7 Å². The summed E-state index contributed by atoms with van der Waals surface area (Å²) in [5, 5.41) is 2.84. The van der Waals surface area contributed by atoms with Crippen LogP contribution in [0, 0.1) is 17.8 Å². The predicted molar refractivity (Wildman–Crippen MR) is 69.3 cm³/mol. The summed E-state index contributed by atoms with van der Waals surface area (Å²) in [5.74, 6) is -0.938. The number of β-lactam (4-membered cyclic amide) rings is 1. The summed E-state index contributed by atoms with van der Waals surface area (Å²) in [7, 11) is 2.62. The highest BCUT2D eigenvalue weighted by atomic mass is 16.5. The Labute approximate surface area is 116 Å². The lowest BCUT2D eigenvalue weighted by Crippen LogP contribution is -2.58. The molecule has 1 saturated heterocycles. The molecule has 0 bridgehead atoms. The summed E-state index contributed by atoms with van der Waals surface area (Å²) >= 11 is 0. The van der Waals surface area contributed by atoms with Crippen molar-refractivity contribution in [2.75, 3.05) is 14.2 Å². The van der Waals surface area contributed by atoms with E-state index in [0.717, 1.165) is 0 Å². The molecule has 0 aromatic rings. The SMILES string of the molecule is COC(=O)/C=C/[C@@H]1C[C@H](/C=C/C(=O)OC)[C@H]2C(=O)N[C@H]21. The van der Waals surface area contributed by atoms with E-state index in [2.05, 4.69) is 14.8 Å². The minimum Gasteiger partial charge on any atom is -0.466 e. The van der Waals surface area contributed by atoms with Gasteiger partial charge in [-0.05, 0) is 18.3 Å². The molecule has 1 heterocycles. The van der Waals surface area contributed by atoms with Gasteiger partial charge in [-0.2, -0.15) is 0 Å². The lowest BCUT2D eigenvalue weighted by atomic mass is 9.85. The molecular formula is C14H17NO5. The molecule has 2 aliphatic rings. The van der Waals surface area contributed by atoms with E-state index in [1.165, 1.54) is 26.4 Å². The highest BCUT2D eigenvalue weighted by Gasteiger charge is 2.52. The Morgan fingerprint density at radius 2 is 1.65 bits per heavy atom. The zero-order valence-electron chi connectivity index (χ0n) is 11.4.